The standard InChI is InChI=1S/C10H11NO3/c1-14-9-6-7(2-4-8(9)12)3-5-10(11)13/h2-6,12H,1H3,(H2,11,13)/b5-3-. The van der Waals surface area contributed by atoms with Gasteiger partial charge < -0.3 is 15.6 Å². The monoisotopic (exact) mass is 193 g/mol. The van der Waals surface area contributed by atoms with E-state index in [1.165, 1.54) is 19.3 Å². The van der Waals surface area contributed by atoms with Crippen LogP contribution in [0.3, 0.4) is 0 Å². The Labute approximate surface area is 81.6 Å². The molecule has 4 nitrogen and oxygen atoms in total. The molecule has 0 saturated heterocycles. The van der Waals surface area contributed by atoms with Crippen molar-refractivity contribution in [1.29, 1.82) is 0 Å². The minimum Gasteiger partial charge on any atom is -0.504 e. The van der Waals surface area contributed by atoms with Gasteiger partial charge in [-0.05, 0) is 23.8 Å². The summed E-state index contributed by atoms with van der Waals surface area (Å²) in [4.78, 5) is 10.4. The van der Waals surface area contributed by atoms with E-state index in [4.69, 9.17) is 10.5 Å². The van der Waals surface area contributed by atoms with Crippen molar-refractivity contribution in [2.45, 2.75) is 0 Å². The summed E-state index contributed by atoms with van der Waals surface area (Å²) in [5, 5.41) is 9.27. The van der Waals surface area contributed by atoms with Crippen molar-refractivity contribution in [3.05, 3.63) is 29.8 Å². The molecule has 0 aliphatic carbocycles. The highest BCUT2D eigenvalue weighted by Gasteiger charge is 2.00. The van der Waals surface area contributed by atoms with Crippen LogP contribution in [0.1, 0.15) is 5.56 Å². The summed E-state index contributed by atoms with van der Waals surface area (Å²) in [6.07, 6.45) is 2.79. The predicted molar refractivity (Wildman–Crippen MR) is 52.9 cm³/mol. The summed E-state index contributed by atoms with van der Waals surface area (Å²) >= 11 is 0. The first-order chi connectivity index (χ1) is 6.63. The molecule has 4 heteroatoms. The summed E-state index contributed by atoms with van der Waals surface area (Å²) in [6.45, 7) is 0. The van der Waals surface area contributed by atoms with Crippen LogP contribution in [-0.2, 0) is 4.79 Å². The molecule has 1 aromatic carbocycles. The number of aromatic hydroxyl groups is 1. The fraction of sp³-hybridized carbons (Fsp3) is 0.100. The van der Waals surface area contributed by atoms with Crippen molar-refractivity contribution in [3.63, 3.8) is 0 Å². The van der Waals surface area contributed by atoms with Gasteiger partial charge in [0.1, 0.15) is 0 Å². The zero-order chi connectivity index (χ0) is 10.6. The molecule has 0 aromatic heterocycles. The van der Waals surface area contributed by atoms with Gasteiger partial charge in [-0.1, -0.05) is 6.07 Å². The van der Waals surface area contributed by atoms with E-state index in [2.05, 4.69) is 0 Å². The minimum atomic E-state index is -0.517. The fourth-order valence-electron chi connectivity index (χ4n) is 0.976. The normalized spacial score (nSPS) is 10.4. The van der Waals surface area contributed by atoms with Crippen LogP contribution in [0.5, 0.6) is 11.5 Å². The average Bonchev–Trinajstić information content (AvgIpc) is 2.16. The molecule has 0 fully saturated rings. The van der Waals surface area contributed by atoms with Gasteiger partial charge in [0, 0.05) is 6.08 Å². The smallest absolute Gasteiger partial charge is 0.241 e. The largest absolute Gasteiger partial charge is 0.504 e. The Hall–Kier alpha value is -1.97. The van der Waals surface area contributed by atoms with Crippen LogP contribution in [0.15, 0.2) is 24.3 Å². The summed E-state index contributed by atoms with van der Waals surface area (Å²) < 4.78 is 4.89. The van der Waals surface area contributed by atoms with E-state index in [1.54, 1.807) is 18.2 Å². The summed E-state index contributed by atoms with van der Waals surface area (Å²) in [5.41, 5.74) is 5.67. The van der Waals surface area contributed by atoms with E-state index in [0.29, 0.717) is 5.75 Å². The maximum absolute atomic E-state index is 10.4. The molecular weight excluding hydrogens is 182 g/mol. The number of phenols is 1. The SMILES string of the molecule is COc1cc(/C=C\C(N)=O)ccc1O. The van der Waals surface area contributed by atoms with Gasteiger partial charge in [-0.3, -0.25) is 4.79 Å². The highest BCUT2D eigenvalue weighted by molar-refractivity contribution is 5.90. The van der Waals surface area contributed by atoms with Gasteiger partial charge in [0.25, 0.3) is 0 Å². The number of hydrogen-bond acceptors (Lipinski definition) is 3. The molecule has 1 amide bonds. The molecule has 0 atom stereocenters. The number of rotatable bonds is 3. The van der Waals surface area contributed by atoms with Gasteiger partial charge in [-0.2, -0.15) is 0 Å². The van der Waals surface area contributed by atoms with E-state index < -0.39 is 5.91 Å². The molecule has 0 aliphatic rings. The molecule has 0 heterocycles. The highest BCUT2D eigenvalue weighted by atomic mass is 16.5. The second-order valence-electron chi connectivity index (χ2n) is 2.67. The lowest BCUT2D eigenvalue weighted by Gasteiger charge is -2.03. The summed E-state index contributed by atoms with van der Waals surface area (Å²) in [6, 6.07) is 4.74. The Morgan fingerprint density at radius 3 is 2.86 bits per heavy atom. The van der Waals surface area contributed by atoms with Crippen molar-refractivity contribution in [1.82, 2.24) is 0 Å². The van der Waals surface area contributed by atoms with Gasteiger partial charge in [0.15, 0.2) is 11.5 Å². The lowest BCUT2D eigenvalue weighted by atomic mass is 10.2. The van der Waals surface area contributed by atoms with E-state index in [9.17, 15) is 9.90 Å². The topological polar surface area (TPSA) is 72.5 Å². The third-order valence-corrected chi connectivity index (χ3v) is 1.64. The van der Waals surface area contributed by atoms with Crippen molar-refractivity contribution < 1.29 is 14.6 Å². The van der Waals surface area contributed by atoms with Crippen molar-refractivity contribution in [2.75, 3.05) is 7.11 Å². The van der Waals surface area contributed by atoms with Crippen LogP contribution in [0.25, 0.3) is 6.08 Å². The van der Waals surface area contributed by atoms with Crippen molar-refractivity contribution >= 4 is 12.0 Å². The quantitative estimate of drug-likeness (QED) is 0.700. The zero-order valence-corrected chi connectivity index (χ0v) is 7.73. The van der Waals surface area contributed by atoms with Gasteiger partial charge in [0.05, 0.1) is 7.11 Å². The molecule has 0 spiro atoms. The van der Waals surface area contributed by atoms with Crippen molar-refractivity contribution in [3.8, 4) is 11.5 Å². The van der Waals surface area contributed by atoms with E-state index >= 15 is 0 Å². The van der Waals surface area contributed by atoms with E-state index in [-0.39, 0.29) is 5.75 Å². The van der Waals surface area contributed by atoms with Crippen LogP contribution in [0.2, 0.25) is 0 Å². The lowest BCUT2D eigenvalue weighted by Crippen LogP contribution is -2.05. The highest BCUT2D eigenvalue weighted by Crippen LogP contribution is 2.26. The number of phenolic OH excluding ortho intramolecular Hbond substituents is 1. The molecular formula is C10H11NO3. The lowest BCUT2D eigenvalue weighted by molar-refractivity contribution is -0.113. The molecule has 1 aromatic rings. The number of primary amides is 1. The maximum Gasteiger partial charge on any atom is 0.241 e. The molecule has 3 N–H and O–H groups in total. The number of amides is 1. The number of methoxy groups -OCH3 is 1. The van der Waals surface area contributed by atoms with Crippen LogP contribution in [-0.4, -0.2) is 18.1 Å². The Morgan fingerprint density at radius 2 is 2.29 bits per heavy atom. The molecule has 0 unspecified atom stereocenters. The molecule has 0 bridgehead atoms. The van der Waals surface area contributed by atoms with Crippen LogP contribution >= 0.6 is 0 Å². The van der Waals surface area contributed by atoms with Crippen molar-refractivity contribution in [2.24, 2.45) is 5.73 Å². The minimum absolute atomic E-state index is 0.0590. The Balaban J connectivity index is 2.95. The predicted octanol–water partition coefficient (Wildman–Crippen LogP) is 0.899. The number of carbonyl (C=O) groups is 1. The summed E-state index contributed by atoms with van der Waals surface area (Å²) in [7, 11) is 1.45. The Bertz CT molecular complexity index is 372. The van der Waals surface area contributed by atoms with E-state index in [1.807, 2.05) is 0 Å². The van der Waals surface area contributed by atoms with Crippen LogP contribution in [0.4, 0.5) is 0 Å². The summed E-state index contributed by atoms with van der Waals surface area (Å²) in [5.74, 6) is -0.0996. The molecule has 0 aliphatic heterocycles. The molecule has 14 heavy (non-hydrogen) atoms. The second-order valence-corrected chi connectivity index (χ2v) is 2.67. The molecule has 0 radical (unpaired) electrons. The fourth-order valence-corrected chi connectivity index (χ4v) is 0.976. The third-order valence-electron chi connectivity index (χ3n) is 1.64. The second kappa shape index (κ2) is 4.32. The Kier molecular flexibility index (Phi) is 3.12. The number of nitrogens with two attached hydrogens (primary N) is 1. The number of benzene rings is 1. The molecule has 74 valence electrons. The number of hydrogen-bond donors (Lipinski definition) is 2. The molecule has 1 rings (SSSR count). The van der Waals surface area contributed by atoms with Gasteiger partial charge in [-0.15, -0.1) is 0 Å². The average molecular weight is 193 g/mol. The van der Waals surface area contributed by atoms with Gasteiger partial charge in [0.2, 0.25) is 5.91 Å². The van der Waals surface area contributed by atoms with Gasteiger partial charge >= 0.3 is 0 Å². The first kappa shape index (κ1) is 10.1. The third kappa shape index (κ3) is 2.52. The molecule has 0 saturated carbocycles. The van der Waals surface area contributed by atoms with Crippen LogP contribution < -0.4 is 10.5 Å². The van der Waals surface area contributed by atoms with E-state index in [0.717, 1.165) is 5.56 Å². The number of ether oxygens (including phenoxy) is 1. The first-order valence-electron chi connectivity index (χ1n) is 3.98. The maximum atomic E-state index is 10.4. The Morgan fingerprint density at radius 1 is 1.57 bits per heavy atom. The first-order valence-corrected chi connectivity index (χ1v) is 3.98. The van der Waals surface area contributed by atoms with Crippen LogP contribution in [0, 0.1) is 0 Å². The number of carbonyl (C=O) groups excluding carboxylic acids is 1. The zero-order valence-electron chi connectivity index (χ0n) is 7.73. The van der Waals surface area contributed by atoms with Gasteiger partial charge in [-0.25, -0.2) is 0 Å².